The van der Waals surface area contributed by atoms with E-state index in [0.717, 1.165) is 16.7 Å². The predicted molar refractivity (Wildman–Crippen MR) is 116 cm³/mol. The number of fused-ring (bicyclic) bond motifs is 1. The van der Waals surface area contributed by atoms with Crippen LogP contribution in [0.1, 0.15) is 21.8 Å². The molecule has 2 aliphatic rings. The molecule has 0 bridgehead atoms. The Morgan fingerprint density at radius 3 is 2.38 bits per heavy atom. The molecule has 3 aromatic rings. The lowest BCUT2D eigenvalue weighted by Crippen LogP contribution is -2.73. The maximum Gasteiger partial charge on any atom is 0.255 e. The minimum atomic E-state index is -0.306. The summed E-state index contributed by atoms with van der Waals surface area (Å²) in [6.45, 7) is 0.264. The predicted octanol–water partition coefficient (Wildman–Crippen LogP) is 2.70. The van der Waals surface area contributed by atoms with Gasteiger partial charge >= 0.3 is 0 Å². The van der Waals surface area contributed by atoms with E-state index in [1.807, 2.05) is 24.3 Å². The van der Waals surface area contributed by atoms with Crippen LogP contribution in [-0.4, -0.2) is 63.5 Å². The summed E-state index contributed by atoms with van der Waals surface area (Å²) in [6, 6.07) is 17.1. The topological polar surface area (TPSA) is 73.7 Å². The van der Waals surface area contributed by atoms with Gasteiger partial charge in [-0.05, 0) is 41.0 Å². The molecule has 2 saturated heterocycles. The zero-order valence-corrected chi connectivity index (χ0v) is 17.3. The molecule has 1 N–H and O–H groups in total. The van der Waals surface area contributed by atoms with E-state index in [1.165, 1.54) is 18.3 Å². The molecule has 5 rings (SSSR count). The molecular formula is C25H22FN3O3. The molecule has 0 saturated carbocycles. The summed E-state index contributed by atoms with van der Waals surface area (Å²) in [5.41, 5.74) is 3.32. The van der Waals surface area contributed by atoms with Gasteiger partial charge in [0.25, 0.3) is 5.91 Å². The summed E-state index contributed by atoms with van der Waals surface area (Å²) in [7, 11) is 0. The first-order chi connectivity index (χ1) is 15.6. The molecule has 2 fully saturated rings. The molecule has 6 nitrogen and oxygen atoms in total. The van der Waals surface area contributed by atoms with Crippen molar-refractivity contribution in [1.82, 2.24) is 14.8 Å². The normalized spacial score (nSPS) is 22.3. The van der Waals surface area contributed by atoms with Crippen LogP contribution < -0.4 is 0 Å². The van der Waals surface area contributed by atoms with Gasteiger partial charge in [-0.1, -0.05) is 36.4 Å². The van der Waals surface area contributed by atoms with Crippen LogP contribution in [0.15, 0.2) is 73.1 Å². The average molecular weight is 431 g/mol. The molecular weight excluding hydrogens is 409 g/mol. The maximum absolute atomic E-state index is 13.2. The van der Waals surface area contributed by atoms with Crippen molar-refractivity contribution in [2.45, 2.75) is 18.0 Å². The average Bonchev–Trinajstić information content (AvgIpc) is 2.81. The highest BCUT2D eigenvalue weighted by Gasteiger charge is 2.54. The fraction of sp³-hybridized carbons (Fsp3) is 0.240. The van der Waals surface area contributed by atoms with Gasteiger partial charge in [-0.25, -0.2) is 4.39 Å². The monoisotopic (exact) mass is 431 g/mol. The number of nitrogens with zero attached hydrogens (tertiary/aromatic N) is 3. The Balaban J connectivity index is 1.38. The molecule has 2 amide bonds. The first-order valence-electron chi connectivity index (χ1n) is 10.5. The summed E-state index contributed by atoms with van der Waals surface area (Å²) < 4.78 is 13.2. The molecule has 0 aliphatic carbocycles. The number of carbonyl (C=O) groups excluding carboxylic acids is 2. The molecule has 2 aromatic carbocycles. The molecule has 3 atom stereocenters. The van der Waals surface area contributed by atoms with Gasteiger partial charge in [-0.3, -0.25) is 14.6 Å². The quantitative estimate of drug-likeness (QED) is 0.690. The molecule has 32 heavy (non-hydrogen) atoms. The highest BCUT2D eigenvalue weighted by molar-refractivity contribution is 5.97. The second-order valence-corrected chi connectivity index (χ2v) is 8.20. The van der Waals surface area contributed by atoms with E-state index < -0.39 is 0 Å². The third kappa shape index (κ3) is 3.44. The molecule has 0 unspecified atom stereocenters. The van der Waals surface area contributed by atoms with E-state index in [-0.39, 0.29) is 48.8 Å². The van der Waals surface area contributed by atoms with E-state index in [0.29, 0.717) is 12.1 Å². The Morgan fingerprint density at radius 1 is 1.06 bits per heavy atom. The zero-order valence-electron chi connectivity index (χ0n) is 17.3. The lowest BCUT2D eigenvalue weighted by Gasteiger charge is -2.58. The Kier molecular flexibility index (Phi) is 5.19. The second-order valence-electron chi connectivity index (χ2n) is 8.20. The highest BCUT2D eigenvalue weighted by Crippen LogP contribution is 2.43. The van der Waals surface area contributed by atoms with Crippen LogP contribution in [0, 0.1) is 5.82 Å². The largest absolute Gasteiger partial charge is 0.394 e. The molecule has 0 radical (unpaired) electrons. The molecule has 2 aliphatic heterocycles. The Morgan fingerprint density at radius 2 is 1.75 bits per heavy atom. The van der Waals surface area contributed by atoms with Gasteiger partial charge in [0.1, 0.15) is 12.4 Å². The van der Waals surface area contributed by atoms with Crippen LogP contribution in [0.25, 0.3) is 11.1 Å². The Hall–Kier alpha value is -3.58. The fourth-order valence-corrected chi connectivity index (χ4v) is 4.87. The van der Waals surface area contributed by atoms with Gasteiger partial charge in [-0.2, -0.15) is 0 Å². The van der Waals surface area contributed by atoms with Crippen LogP contribution in [0.4, 0.5) is 4.39 Å². The Labute approximate surface area is 184 Å². The van der Waals surface area contributed by atoms with E-state index in [2.05, 4.69) is 4.98 Å². The number of hydrogen-bond donors (Lipinski definition) is 1. The van der Waals surface area contributed by atoms with Crippen molar-refractivity contribution in [3.63, 3.8) is 0 Å². The molecule has 3 heterocycles. The molecule has 1 aromatic heterocycles. The van der Waals surface area contributed by atoms with Crippen molar-refractivity contribution in [3.05, 3.63) is 90.0 Å². The van der Waals surface area contributed by atoms with Crippen LogP contribution >= 0.6 is 0 Å². The van der Waals surface area contributed by atoms with E-state index in [1.54, 1.807) is 40.3 Å². The van der Waals surface area contributed by atoms with Crippen molar-refractivity contribution in [2.75, 3.05) is 19.7 Å². The standard InChI is InChI=1S/C25H22FN3O3/c26-20-9-7-17(8-10-20)16-3-5-18(6-4-16)24-21-13-28(14-23(31)29(21)22(24)15-30)25(32)19-2-1-11-27-12-19/h1-12,21-22,24,30H,13-15H2/t21-,22+,24+/m1/s1. The van der Waals surface area contributed by atoms with Crippen molar-refractivity contribution >= 4 is 11.8 Å². The fourth-order valence-electron chi connectivity index (χ4n) is 4.87. The maximum atomic E-state index is 13.2. The molecule has 162 valence electrons. The lowest BCUT2D eigenvalue weighted by atomic mass is 9.73. The number of rotatable bonds is 4. The minimum Gasteiger partial charge on any atom is -0.394 e. The van der Waals surface area contributed by atoms with Gasteiger partial charge < -0.3 is 14.9 Å². The number of amides is 2. The Bertz CT molecular complexity index is 1140. The lowest BCUT2D eigenvalue weighted by molar-refractivity contribution is -0.159. The first kappa shape index (κ1) is 20.3. The number of aromatic nitrogens is 1. The highest BCUT2D eigenvalue weighted by atomic mass is 19.1. The van der Waals surface area contributed by atoms with Crippen molar-refractivity contribution in [1.29, 1.82) is 0 Å². The van der Waals surface area contributed by atoms with E-state index in [4.69, 9.17) is 0 Å². The summed E-state index contributed by atoms with van der Waals surface area (Å²) >= 11 is 0. The van der Waals surface area contributed by atoms with Crippen LogP contribution in [0.2, 0.25) is 0 Å². The molecule has 7 heteroatoms. The van der Waals surface area contributed by atoms with Gasteiger partial charge in [0.05, 0.1) is 24.3 Å². The van der Waals surface area contributed by atoms with Crippen LogP contribution in [0.5, 0.6) is 0 Å². The number of aliphatic hydroxyl groups is 1. The van der Waals surface area contributed by atoms with Crippen LogP contribution in [-0.2, 0) is 4.79 Å². The number of pyridine rings is 1. The first-order valence-corrected chi connectivity index (χ1v) is 10.5. The number of carbonyl (C=O) groups is 2. The van der Waals surface area contributed by atoms with Gasteiger partial charge in [-0.15, -0.1) is 0 Å². The molecule has 0 spiro atoms. The van der Waals surface area contributed by atoms with Crippen molar-refractivity contribution < 1.29 is 19.1 Å². The van der Waals surface area contributed by atoms with Gasteiger partial charge in [0.15, 0.2) is 0 Å². The number of aliphatic hydroxyl groups excluding tert-OH is 1. The number of piperazine rings is 1. The summed E-state index contributed by atoms with van der Waals surface area (Å²) in [5, 5.41) is 9.97. The third-order valence-corrected chi connectivity index (χ3v) is 6.42. The SMILES string of the molecule is O=C(c1cccnc1)N1CC(=O)N2[C@H](C1)[C@H](c1ccc(-c3ccc(F)cc3)cc1)[C@@H]2CO. The number of halogens is 1. The summed E-state index contributed by atoms with van der Waals surface area (Å²) in [6.07, 6.45) is 3.10. The minimum absolute atomic E-state index is 0.00302. The number of hydrogen-bond acceptors (Lipinski definition) is 4. The number of benzene rings is 2. The van der Waals surface area contributed by atoms with E-state index in [9.17, 15) is 19.1 Å². The smallest absolute Gasteiger partial charge is 0.255 e. The van der Waals surface area contributed by atoms with Crippen molar-refractivity contribution in [2.24, 2.45) is 0 Å². The summed E-state index contributed by atoms with van der Waals surface area (Å²) in [4.78, 5) is 32.9. The van der Waals surface area contributed by atoms with Crippen LogP contribution in [0.3, 0.4) is 0 Å². The third-order valence-electron chi connectivity index (χ3n) is 6.42. The summed E-state index contributed by atoms with van der Waals surface area (Å²) in [5.74, 6) is -0.727. The zero-order chi connectivity index (χ0) is 22.2. The van der Waals surface area contributed by atoms with Gasteiger partial charge in [0, 0.05) is 24.9 Å². The van der Waals surface area contributed by atoms with Crippen molar-refractivity contribution in [3.8, 4) is 11.1 Å². The van der Waals surface area contributed by atoms with E-state index >= 15 is 0 Å². The van der Waals surface area contributed by atoms with Gasteiger partial charge in [0.2, 0.25) is 5.91 Å². The second kappa shape index (κ2) is 8.16.